The topological polar surface area (TPSA) is 52.6 Å². The summed E-state index contributed by atoms with van der Waals surface area (Å²) < 4.78 is 2.51. The number of nitrogens with one attached hydrogen (secondary N) is 1. The minimum absolute atomic E-state index is 0.0484. The highest BCUT2D eigenvalue weighted by Gasteiger charge is 2.13. The molecule has 7 heteroatoms. The molecule has 0 atom stereocenters. The molecule has 0 saturated heterocycles. The third kappa shape index (κ3) is 5.51. The first-order valence-electron chi connectivity index (χ1n) is 5.75. The number of nitrogens with zero attached hydrogens (tertiary/aromatic N) is 1. The van der Waals surface area contributed by atoms with E-state index in [0.29, 0.717) is 12.2 Å². The molecule has 0 unspecified atom stereocenters. The van der Waals surface area contributed by atoms with Gasteiger partial charge in [-0.15, -0.1) is 0 Å². The Labute approximate surface area is 137 Å². The summed E-state index contributed by atoms with van der Waals surface area (Å²) in [6.07, 6.45) is 0. The van der Waals surface area contributed by atoms with Crippen LogP contribution < -0.4 is 5.32 Å². The van der Waals surface area contributed by atoms with Crippen LogP contribution >= 0.6 is 47.8 Å². The van der Waals surface area contributed by atoms with Crippen LogP contribution in [0.2, 0.25) is 0 Å². The lowest BCUT2D eigenvalue weighted by molar-refractivity contribution is -0.117. The molecule has 0 heterocycles. The van der Waals surface area contributed by atoms with E-state index in [1.54, 1.807) is 0 Å². The zero-order valence-electron chi connectivity index (χ0n) is 10.4. The number of aliphatic hydroxyl groups excluding tert-OH is 1. The van der Waals surface area contributed by atoms with Crippen molar-refractivity contribution in [2.24, 2.45) is 0 Å². The lowest BCUT2D eigenvalue weighted by atomic mass is 10.3. The number of carbonyl (C=O) groups excluding carboxylic acids is 1. The standard InChI is InChI=1S/C12H15Br3N2O2/c1-2-17(3-4-18)7-11(19)16-12-9(14)5-8(13)6-10(12)15/h5-6,18H,2-4,7H2,1H3,(H,16,19). The number of benzene rings is 1. The van der Waals surface area contributed by atoms with E-state index in [0.717, 1.165) is 20.0 Å². The van der Waals surface area contributed by atoms with Crippen molar-refractivity contribution in [3.05, 3.63) is 25.6 Å². The van der Waals surface area contributed by atoms with Crippen LogP contribution in [0.3, 0.4) is 0 Å². The molecule has 0 aliphatic rings. The molecule has 1 aromatic carbocycles. The Morgan fingerprint density at radius 1 is 1.32 bits per heavy atom. The van der Waals surface area contributed by atoms with Gasteiger partial charge in [-0.1, -0.05) is 22.9 Å². The van der Waals surface area contributed by atoms with Gasteiger partial charge in [0.1, 0.15) is 0 Å². The maximum absolute atomic E-state index is 12.0. The molecule has 1 rings (SSSR count). The van der Waals surface area contributed by atoms with E-state index in [2.05, 4.69) is 53.1 Å². The summed E-state index contributed by atoms with van der Waals surface area (Å²) in [5, 5.41) is 11.7. The van der Waals surface area contributed by atoms with Crippen LogP contribution in [-0.2, 0) is 4.79 Å². The highest BCUT2D eigenvalue weighted by Crippen LogP contribution is 2.34. The first-order valence-corrected chi connectivity index (χ1v) is 8.13. The van der Waals surface area contributed by atoms with Gasteiger partial charge in [0.25, 0.3) is 0 Å². The molecule has 19 heavy (non-hydrogen) atoms. The molecule has 106 valence electrons. The zero-order chi connectivity index (χ0) is 14.4. The lowest BCUT2D eigenvalue weighted by Gasteiger charge is -2.19. The van der Waals surface area contributed by atoms with Crippen molar-refractivity contribution in [3.8, 4) is 0 Å². The summed E-state index contributed by atoms with van der Waals surface area (Å²) in [4.78, 5) is 13.8. The maximum atomic E-state index is 12.0. The Morgan fingerprint density at radius 3 is 2.37 bits per heavy atom. The largest absolute Gasteiger partial charge is 0.395 e. The number of aliphatic hydroxyl groups is 1. The molecule has 0 fully saturated rings. The Hall–Kier alpha value is 0.0500. The summed E-state index contributed by atoms with van der Waals surface area (Å²) in [6.45, 7) is 3.47. The normalized spacial score (nSPS) is 10.8. The Morgan fingerprint density at radius 2 is 1.89 bits per heavy atom. The number of hydrogen-bond acceptors (Lipinski definition) is 3. The summed E-state index contributed by atoms with van der Waals surface area (Å²) in [7, 11) is 0. The summed E-state index contributed by atoms with van der Waals surface area (Å²) in [5.41, 5.74) is 0.702. The lowest BCUT2D eigenvalue weighted by Crippen LogP contribution is -2.35. The van der Waals surface area contributed by atoms with Gasteiger partial charge in [-0.3, -0.25) is 9.69 Å². The first kappa shape index (κ1) is 17.1. The van der Waals surface area contributed by atoms with Crippen LogP contribution in [0.15, 0.2) is 25.6 Å². The average molecular weight is 459 g/mol. The molecule has 0 aromatic heterocycles. The number of rotatable bonds is 6. The number of anilines is 1. The fraction of sp³-hybridized carbons (Fsp3) is 0.417. The highest BCUT2D eigenvalue weighted by atomic mass is 79.9. The highest BCUT2D eigenvalue weighted by molar-refractivity contribution is 9.11. The van der Waals surface area contributed by atoms with E-state index < -0.39 is 0 Å². The first-order chi connectivity index (χ1) is 8.97. The van der Waals surface area contributed by atoms with Gasteiger partial charge < -0.3 is 10.4 Å². The molecule has 0 saturated carbocycles. The van der Waals surface area contributed by atoms with Crippen LogP contribution in [0.25, 0.3) is 0 Å². The second-order valence-electron chi connectivity index (χ2n) is 3.88. The molecule has 4 nitrogen and oxygen atoms in total. The molecule has 0 bridgehead atoms. The van der Waals surface area contributed by atoms with Crippen LogP contribution in [0.4, 0.5) is 5.69 Å². The molecule has 2 N–H and O–H groups in total. The molecular formula is C12H15Br3N2O2. The minimum Gasteiger partial charge on any atom is -0.395 e. The average Bonchev–Trinajstić information content (AvgIpc) is 2.33. The number of amides is 1. The molecule has 0 aliphatic carbocycles. The van der Waals surface area contributed by atoms with Crippen molar-refractivity contribution in [3.63, 3.8) is 0 Å². The van der Waals surface area contributed by atoms with E-state index in [9.17, 15) is 4.79 Å². The monoisotopic (exact) mass is 456 g/mol. The van der Waals surface area contributed by atoms with Crippen LogP contribution in [0.5, 0.6) is 0 Å². The molecular weight excluding hydrogens is 444 g/mol. The summed E-state index contributed by atoms with van der Waals surface area (Å²) in [5.74, 6) is -0.112. The Kier molecular flexibility index (Phi) is 7.53. The van der Waals surface area contributed by atoms with Crippen LogP contribution in [-0.4, -0.2) is 42.2 Å². The van der Waals surface area contributed by atoms with E-state index in [-0.39, 0.29) is 19.1 Å². The Bertz CT molecular complexity index is 432. The SMILES string of the molecule is CCN(CCO)CC(=O)Nc1c(Br)cc(Br)cc1Br. The number of carbonyl (C=O) groups is 1. The molecule has 1 aromatic rings. The van der Waals surface area contributed by atoms with E-state index >= 15 is 0 Å². The fourth-order valence-corrected chi connectivity index (χ4v) is 3.99. The molecule has 1 amide bonds. The summed E-state index contributed by atoms with van der Waals surface area (Å²) >= 11 is 10.2. The van der Waals surface area contributed by atoms with Gasteiger partial charge in [0, 0.05) is 20.0 Å². The third-order valence-electron chi connectivity index (χ3n) is 2.50. The fourth-order valence-electron chi connectivity index (χ4n) is 1.53. The van der Waals surface area contributed by atoms with Crippen molar-refractivity contribution in [1.29, 1.82) is 0 Å². The second-order valence-corrected chi connectivity index (χ2v) is 6.51. The quantitative estimate of drug-likeness (QED) is 0.688. The smallest absolute Gasteiger partial charge is 0.238 e. The van der Waals surface area contributed by atoms with Crippen LogP contribution in [0, 0.1) is 0 Å². The van der Waals surface area contributed by atoms with E-state index in [1.807, 2.05) is 24.0 Å². The molecule has 0 aliphatic heterocycles. The second kappa shape index (κ2) is 8.36. The van der Waals surface area contributed by atoms with E-state index in [1.165, 1.54) is 0 Å². The maximum Gasteiger partial charge on any atom is 0.238 e. The van der Waals surface area contributed by atoms with Crippen molar-refractivity contribution in [2.75, 3.05) is 31.6 Å². The van der Waals surface area contributed by atoms with Gasteiger partial charge in [0.2, 0.25) is 5.91 Å². The Balaban J connectivity index is 2.72. The van der Waals surface area contributed by atoms with Gasteiger partial charge >= 0.3 is 0 Å². The molecule has 0 radical (unpaired) electrons. The van der Waals surface area contributed by atoms with Crippen molar-refractivity contribution < 1.29 is 9.90 Å². The number of hydrogen-bond donors (Lipinski definition) is 2. The summed E-state index contributed by atoms with van der Waals surface area (Å²) in [6, 6.07) is 3.73. The van der Waals surface area contributed by atoms with Gasteiger partial charge in [-0.2, -0.15) is 0 Å². The van der Waals surface area contributed by atoms with Crippen LogP contribution in [0.1, 0.15) is 6.92 Å². The van der Waals surface area contributed by atoms with Gasteiger partial charge in [-0.05, 0) is 50.5 Å². The van der Waals surface area contributed by atoms with Crippen molar-refractivity contribution in [1.82, 2.24) is 4.90 Å². The number of halogens is 3. The van der Waals surface area contributed by atoms with Gasteiger partial charge in [0.15, 0.2) is 0 Å². The van der Waals surface area contributed by atoms with Crippen molar-refractivity contribution in [2.45, 2.75) is 6.92 Å². The van der Waals surface area contributed by atoms with Gasteiger partial charge in [-0.25, -0.2) is 0 Å². The number of likely N-dealkylation sites (N-methyl/N-ethyl adjacent to an activating group) is 1. The van der Waals surface area contributed by atoms with E-state index in [4.69, 9.17) is 5.11 Å². The predicted molar refractivity (Wildman–Crippen MR) is 87.4 cm³/mol. The van der Waals surface area contributed by atoms with Crippen molar-refractivity contribution >= 4 is 59.4 Å². The zero-order valence-corrected chi connectivity index (χ0v) is 15.2. The molecule has 0 spiro atoms. The third-order valence-corrected chi connectivity index (χ3v) is 4.21. The van der Waals surface area contributed by atoms with Gasteiger partial charge in [0.05, 0.1) is 18.8 Å². The minimum atomic E-state index is -0.112. The predicted octanol–water partition coefficient (Wildman–Crippen LogP) is 3.23.